The number of rotatable bonds is 5. The minimum atomic E-state index is -0.125. The highest BCUT2D eigenvalue weighted by Gasteiger charge is 2.24. The van der Waals surface area contributed by atoms with Crippen LogP contribution in [-0.2, 0) is 0 Å². The Labute approximate surface area is 131 Å². The van der Waals surface area contributed by atoms with Crippen LogP contribution in [-0.4, -0.2) is 62.1 Å². The van der Waals surface area contributed by atoms with Gasteiger partial charge in [0.1, 0.15) is 0 Å². The molecular formula is C14H23ClN2O4. The third-order valence-electron chi connectivity index (χ3n) is 3.65. The van der Waals surface area contributed by atoms with E-state index >= 15 is 0 Å². The van der Waals surface area contributed by atoms with Crippen LogP contribution in [0.3, 0.4) is 0 Å². The first-order valence-corrected chi connectivity index (χ1v) is 6.71. The first kappa shape index (κ1) is 17.8. The van der Waals surface area contributed by atoms with Gasteiger partial charge in [-0.15, -0.1) is 12.4 Å². The number of hydrogen-bond acceptors (Lipinski definition) is 6. The number of piperazine rings is 1. The van der Waals surface area contributed by atoms with E-state index in [-0.39, 0.29) is 30.8 Å². The van der Waals surface area contributed by atoms with Gasteiger partial charge in [-0.3, -0.25) is 4.90 Å². The highest BCUT2D eigenvalue weighted by Crippen LogP contribution is 2.39. The van der Waals surface area contributed by atoms with Crippen molar-refractivity contribution in [2.24, 2.45) is 0 Å². The van der Waals surface area contributed by atoms with Gasteiger partial charge in [-0.2, -0.15) is 0 Å². The molecule has 0 unspecified atom stereocenters. The number of phenols is 1. The minimum Gasteiger partial charge on any atom is -0.502 e. The van der Waals surface area contributed by atoms with Crippen molar-refractivity contribution >= 4 is 12.4 Å². The van der Waals surface area contributed by atoms with Crippen molar-refractivity contribution in [3.63, 3.8) is 0 Å². The molecule has 1 fully saturated rings. The van der Waals surface area contributed by atoms with Gasteiger partial charge in [0.2, 0.25) is 5.75 Å². The normalized spacial score (nSPS) is 16.9. The average Bonchev–Trinajstić information content (AvgIpc) is 2.50. The van der Waals surface area contributed by atoms with Crippen molar-refractivity contribution in [3.8, 4) is 17.2 Å². The van der Waals surface area contributed by atoms with Crippen molar-refractivity contribution in [3.05, 3.63) is 17.7 Å². The Hall–Kier alpha value is -1.21. The molecule has 0 radical (unpaired) electrons. The summed E-state index contributed by atoms with van der Waals surface area (Å²) in [4.78, 5) is 2.21. The van der Waals surface area contributed by atoms with E-state index in [4.69, 9.17) is 9.47 Å². The maximum Gasteiger partial charge on any atom is 0.200 e. The zero-order valence-corrected chi connectivity index (χ0v) is 13.2. The van der Waals surface area contributed by atoms with Crippen molar-refractivity contribution in [1.82, 2.24) is 10.2 Å². The van der Waals surface area contributed by atoms with E-state index in [1.54, 1.807) is 12.1 Å². The maximum atomic E-state index is 9.94. The van der Waals surface area contributed by atoms with Gasteiger partial charge in [0.25, 0.3) is 0 Å². The summed E-state index contributed by atoms with van der Waals surface area (Å²) in [5, 5.41) is 23.0. The van der Waals surface area contributed by atoms with E-state index in [0.29, 0.717) is 11.5 Å². The third-order valence-corrected chi connectivity index (χ3v) is 3.65. The molecular weight excluding hydrogens is 296 g/mol. The van der Waals surface area contributed by atoms with Gasteiger partial charge in [0.05, 0.1) is 26.9 Å². The predicted molar refractivity (Wildman–Crippen MR) is 82.7 cm³/mol. The molecule has 2 rings (SSSR count). The Kier molecular flexibility index (Phi) is 7.04. The fourth-order valence-electron chi connectivity index (χ4n) is 2.53. The van der Waals surface area contributed by atoms with Crippen LogP contribution in [0.2, 0.25) is 0 Å². The second-order valence-corrected chi connectivity index (χ2v) is 4.76. The van der Waals surface area contributed by atoms with Gasteiger partial charge in [-0.25, -0.2) is 0 Å². The van der Waals surface area contributed by atoms with Crippen LogP contribution in [0.5, 0.6) is 17.2 Å². The number of benzene rings is 1. The first-order chi connectivity index (χ1) is 9.71. The van der Waals surface area contributed by atoms with Crippen molar-refractivity contribution in [2.75, 3.05) is 47.0 Å². The first-order valence-electron chi connectivity index (χ1n) is 6.71. The van der Waals surface area contributed by atoms with Crippen molar-refractivity contribution < 1.29 is 19.7 Å². The monoisotopic (exact) mass is 318 g/mol. The molecule has 0 spiro atoms. The number of hydrogen-bond donors (Lipinski definition) is 3. The molecule has 1 aliphatic heterocycles. The molecule has 1 atom stereocenters. The summed E-state index contributed by atoms with van der Waals surface area (Å²) in [5.74, 6) is 0.691. The number of halogens is 1. The minimum absolute atomic E-state index is 0. The summed E-state index contributed by atoms with van der Waals surface area (Å²) in [5.41, 5.74) is 0.876. The van der Waals surface area contributed by atoms with Crippen LogP contribution < -0.4 is 14.8 Å². The van der Waals surface area contributed by atoms with Gasteiger partial charge in [0, 0.05) is 26.2 Å². The summed E-state index contributed by atoms with van der Waals surface area (Å²) in [6.07, 6.45) is 0. The van der Waals surface area contributed by atoms with E-state index in [2.05, 4.69) is 10.2 Å². The molecule has 0 bridgehead atoms. The predicted octanol–water partition coefficient (Wildman–Crippen LogP) is 0.770. The SMILES string of the molecule is COc1cc([C@H](CO)N2CCNCC2)cc(OC)c1O.Cl. The number of aromatic hydroxyl groups is 1. The lowest BCUT2D eigenvalue weighted by molar-refractivity contribution is 0.110. The second kappa shape index (κ2) is 8.29. The Morgan fingerprint density at radius 3 is 2.14 bits per heavy atom. The zero-order valence-electron chi connectivity index (χ0n) is 12.3. The van der Waals surface area contributed by atoms with Crippen LogP contribution >= 0.6 is 12.4 Å². The summed E-state index contributed by atoms with van der Waals surface area (Å²) in [6, 6.07) is 3.38. The molecule has 1 aromatic carbocycles. The Morgan fingerprint density at radius 2 is 1.71 bits per heavy atom. The number of methoxy groups -OCH3 is 2. The van der Waals surface area contributed by atoms with Crippen LogP contribution in [0.25, 0.3) is 0 Å². The fourth-order valence-corrected chi connectivity index (χ4v) is 2.53. The van der Waals surface area contributed by atoms with E-state index in [1.165, 1.54) is 14.2 Å². The molecule has 1 aliphatic rings. The highest BCUT2D eigenvalue weighted by atomic mass is 35.5. The maximum absolute atomic E-state index is 9.94. The van der Waals surface area contributed by atoms with Crippen LogP contribution in [0.4, 0.5) is 0 Å². The van der Waals surface area contributed by atoms with Crippen molar-refractivity contribution in [1.29, 1.82) is 0 Å². The van der Waals surface area contributed by atoms with E-state index in [1.807, 2.05) is 0 Å². The topological polar surface area (TPSA) is 74.2 Å². The molecule has 1 saturated heterocycles. The highest BCUT2D eigenvalue weighted by molar-refractivity contribution is 5.85. The van der Waals surface area contributed by atoms with Crippen LogP contribution in [0.15, 0.2) is 12.1 Å². The van der Waals surface area contributed by atoms with Gasteiger partial charge in [-0.05, 0) is 17.7 Å². The fraction of sp³-hybridized carbons (Fsp3) is 0.571. The average molecular weight is 319 g/mol. The number of aliphatic hydroxyl groups excluding tert-OH is 1. The quantitative estimate of drug-likeness (QED) is 0.745. The Balaban J connectivity index is 0.00000220. The molecule has 0 saturated carbocycles. The van der Waals surface area contributed by atoms with Crippen LogP contribution in [0, 0.1) is 0 Å². The van der Waals surface area contributed by atoms with E-state index in [9.17, 15) is 10.2 Å². The molecule has 1 aromatic rings. The van der Waals surface area contributed by atoms with Crippen LogP contribution in [0.1, 0.15) is 11.6 Å². The number of ether oxygens (including phenoxy) is 2. The zero-order chi connectivity index (χ0) is 14.5. The van der Waals surface area contributed by atoms with Gasteiger partial charge in [-0.1, -0.05) is 0 Å². The number of phenolic OH excluding ortho intramolecular Hbond substituents is 1. The lowest BCUT2D eigenvalue weighted by Gasteiger charge is -2.34. The summed E-state index contributed by atoms with van der Waals surface area (Å²) in [6.45, 7) is 3.57. The third kappa shape index (κ3) is 3.91. The van der Waals surface area contributed by atoms with E-state index < -0.39 is 0 Å². The molecule has 1 heterocycles. The Morgan fingerprint density at radius 1 is 1.19 bits per heavy atom. The standard InChI is InChI=1S/C14H22N2O4.ClH/c1-19-12-7-10(8-13(20-2)14(12)18)11(9-17)16-5-3-15-4-6-16;/h7-8,11,15,17-18H,3-6,9H2,1-2H3;1H/t11-;/m0./s1. The number of aliphatic hydroxyl groups is 1. The molecule has 0 aliphatic carbocycles. The number of nitrogens with zero attached hydrogens (tertiary/aromatic N) is 1. The molecule has 120 valence electrons. The molecule has 3 N–H and O–H groups in total. The van der Waals surface area contributed by atoms with Gasteiger partial charge in [0.15, 0.2) is 11.5 Å². The Bertz CT molecular complexity index is 428. The second-order valence-electron chi connectivity index (χ2n) is 4.76. The van der Waals surface area contributed by atoms with Crippen molar-refractivity contribution in [2.45, 2.75) is 6.04 Å². The number of nitrogens with one attached hydrogen (secondary N) is 1. The molecule has 21 heavy (non-hydrogen) atoms. The smallest absolute Gasteiger partial charge is 0.200 e. The summed E-state index contributed by atoms with van der Waals surface area (Å²) >= 11 is 0. The largest absolute Gasteiger partial charge is 0.502 e. The lowest BCUT2D eigenvalue weighted by atomic mass is 10.0. The molecule has 7 heteroatoms. The summed E-state index contributed by atoms with van der Waals surface area (Å²) < 4.78 is 10.3. The lowest BCUT2D eigenvalue weighted by Crippen LogP contribution is -2.46. The van der Waals surface area contributed by atoms with E-state index in [0.717, 1.165) is 31.7 Å². The molecule has 0 amide bonds. The van der Waals surface area contributed by atoms with Gasteiger partial charge < -0.3 is 25.0 Å². The molecule has 0 aromatic heterocycles. The molecule has 6 nitrogen and oxygen atoms in total. The van der Waals surface area contributed by atoms with Gasteiger partial charge >= 0.3 is 0 Å². The summed E-state index contributed by atoms with van der Waals surface area (Å²) in [7, 11) is 2.99.